The lowest BCUT2D eigenvalue weighted by Gasteiger charge is -2.06. The number of hydrogen-bond acceptors (Lipinski definition) is 5. The topological polar surface area (TPSA) is 72.2 Å². The molecule has 21 heavy (non-hydrogen) atoms. The lowest BCUT2D eigenvalue weighted by atomic mass is 10.2. The van der Waals surface area contributed by atoms with Gasteiger partial charge in [0, 0.05) is 18.2 Å². The van der Waals surface area contributed by atoms with Crippen LogP contribution in [0.2, 0.25) is 0 Å². The molecule has 0 atom stereocenters. The zero-order valence-electron chi connectivity index (χ0n) is 11.1. The van der Waals surface area contributed by atoms with Crippen LogP contribution < -0.4 is 4.72 Å². The first-order valence-corrected chi connectivity index (χ1v) is 8.50. The van der Waals surface area contributed by atoms with Crippen molar-refractivity contribution < 1.29 is 12.8 Å². The SMILES string of the molecule is Cc1ncc(-c2ccc(NS(=O)(=O)c3cccs3)cc2)o1. The Bertz CT molecular complexity index is 835. The van der Waals surface area contributed by atoms with E-state index in [2.05, 4.69) is 9.71 Å². The van der Waals surface area contributed by atoms with Crippen molar-refractivity contribution in [2.45, 2.75) is 11.1 Å². The summed E-state index contributed by atoms with van der Waals surface area (Å²) >= 11 is 1.18. The first-order valence-electron chi connectivity index (χ1n) is 6.14. The number of hydrogen-bond donors (Lipinski definition) is 1. The molecule has 0 aliphatic carbocycles. The third-order valence-corrected chi connectivity index (χ3v) is 5.58. The van der Waals surface area contributed by atoms with Crippen molar-refractivity contribution in [2.75, 3.05) is 4.72 Å². The monoisotopic (exact) mass is 320 g/mol. The summed E-state index contributed by atoms with van der Waals surface area (Å²) in [6.45, 7) is 1.77. The van der Waals surface area contributed by atoms with Crippen molar-refractivity contribution in [3.8, 4) is 11.3 Å². The maximum Gasteiger partial charge on any atom is 0.271 e. The summed E-state index contributed by atoms with van der Waals surface area (Å²) in [6, 6.07) is 10.2. The van der Waals surface area contributed by atoms with E-state index in [0.717, 1.165) is 5.56 Å². The molecule has 0 unspecified atom stereocenters. The predicted octanol–water partition coefficient (Wildman–Crippen LogP) is 3.51. The molecule has 0 amide bonds. The van der Waals surface area contributed by atoms with E-state index in [0.29, 0.717) is 17.3 Å². The molecular weight excluding hydrogens is 308 g/mol. The van der Waals surface area contributed by atoms with Gasteiger partial charge in [-0.2, -0.15) is 0 Å². The molecule has 7 heteroatoms. The van der Waals surface area contributed by atoms with E-state index in [4.69, 9.17) is 4.42 Å². The van der Waals surface area contributed by atoms with Crippen molar-refractivity contribution in [1.29, 1.82) is 0 Å². The second kappa shape index (κ2) is 5.34. The Morgan fingerprint density at radius 1 is 1.19 bits per heavy atom. The summed E-state index contributed by atoms with van der Waals surface area (Å²) in [5.74, 6) is 1.24. The maximum absolute atomic E-state index is 12.1. The molecule has 0 saturated carbocycles. The third-order valence-electron chi connectivity index (χ3n) is 2.80. The van der Waals surface area contributed by atoms with Crippen LogP contribution in [0.3, 0.4) is 0 Å². The van der Waals surface area contributed by atoms with E-state index in [9.17, 15) is 8.42 Å². The van der Waals surface area contributed by atoms with E-state index in [-0.39, 0.29) is 4.21 Å². The van der Waals surface area contributed by atoms with Crippen LogP contribution in [-0.2, 0) is 10.0 Å². The second-order valence-corrected chi connectivity index (χ2v) is 7.22. The molecule has 0 saturated heterocycles. The van der Waals surface area contributed by atoms with E-state index < -0.39 is 10.0 Å². The van der Waals surface area contributed by atoms with Gasteiger partial charge in [-0.3, -0.25) is 4.72 Å². The van der Waals surface area contributed by atoms with Gasteiger partial charge in [0.2, 0.25) is 0 Å². The molecule has 1 N–H and O–H groups in total. The number of nitrogens with zero attached hydrogens (tertiary/aromatic N) is 1. The predicted molar refractivity (Wildman–Crippen MR) is 81.8 cm³/mol. The van der Waals surface area contributed by atoms with Crippen molar-refractivity contribution >= 4 is 27.0 Å². The molecular formula is C14H12N2O3S2. The highest BCUT2D eigenvalue weighted by atomic mass is 32.2. The zero-order chi connectivity index (χ0) is 14.9. The van der Waals surface area contributed by atoms with Crippen LogP contribution in [0.4, 0.5) is 5.69 Å². The van der Waals surface area contributed by atoms with Crippen molar-refractivity contribution in [3.63, 3.8) is 0 Å². The Morgan fingerprint density at radius 2 is 1.95 bits per heavy atom. The highest BCUT2D eigenvalue weighted by Crippen LogP contribution is 2.24. The first kappa shape index (κ1) is 13.8. The normalized spacial score (nSPS) is 11.5. The fraction of sp³-hybridized carbons (Fsp3) is 0.0714. The van der Waals surface area contributed by atoms with Gasteiger partial charge in [-0.05, 0) is 35.7 Å². The fourth-order valence-corrected chi connectivity index (χ4v) is 3.87. The average Bonchev–Trinajstić information content (AvgIpc) is 3.10. The molecule has 0 bridgehead atoms. The van der Waals surface area contributed by atoms with E-state index in [1.165, 1.54) is 11.3 Å². The van der Waals surface area contributed by atoms with Gasteiger partial charge in [-0.15, -0.1) is 11.3 Å². The van der Waals surface area contributed by atoms with Gasteiger partial charge in [0.15, 0.2) is 11.7 Å². The van der Waals surface area contributed by atoms with Crippen LogP contribution in [0.25, 0.3) is 11.3 Å². The molecule has 5 nitrogen and oxygen atoms in total. The molecule has 108 valence electrons. The molecule has 2 aromatic heterocycles. The maximum atomic E-state index is 12.1. The summed E-state index contributed by atoms with van der Waals surface area (Å²) in [4.78, 5) is 4.03. The largest absolute Gasteiger partial charge is 0.441 e. The van der Waals surface area contributed by atoms with Gasteiger partial charge < -0.3 is 4.42 Å². The highest BCUT2D eigenvalue weighted by molar-refractivity contribution is 7.94. The number of aromatic nitrogens is 1. The fourth-order valence-electron chi connectivity index (χ4n) is 1.82. The van der Waals surface area contributed by atoms with Crippen LogP contribution >= 0.6 is 11.3 Å². The summed E-state index contributed by atoms with van der Waals surface area (Å²) in [5.41, 5.74) is 1.35. The second-order valence-electron chi connectivity index (χ2n) is 4.36. The number of oxazole rings is 1. The van der Waals surface area contributed by atoms with Crippen LogP contribution in [0.15, 0.2) is 56.6 Å². The van der Waals surface area contributed by atoms with Gasteiger partial charge in [-0.1, -0.05) is 6.07 Å². The Morgan fingerprint density at radius 3 is 2.52 bits per heavy atom. The van der Waals surface area contributed by atoms with Crippen molar-refractivity contribution in [3.05, 3.63) is 53.9 Å². The minimum Gasteiger partial charge on any atom is -0.441 e. The summed E-state index contributed by atoms with van der Waals surface area (Å²) in [5, 5.41) is 1.73. The number of benzene rings is 1. The lowest BCUT2D eigenvalue weighted by Crippen LogP contribution is -2.11. The summed E-state index contributed by atoms with van der Waals surface area (Å²) < 4.78 is 32.4. The number of nitrogens with one attached hydrogen (secondary N) is 1. The summed E-state index contributed by atoms with van der Waals surface area (Å²) in [6.07, 6.45) is 1.64. The Hall–Kier alpha value is -2.12. The Balaban J connectivity index is 1.82. The number of thiophene rings is 1. The molecule has 3 rings (SSSR count). The molecule has 3 aromatic rings. The van der Waals surface area contributed by atoms with Gasteiger partial charge >= 0.3 is 0 Å². The van der Waals surface area contributed by atoms with Crippen LogP contribution in [-0.4, -0.2) is 13.4 Å². The third kappa shape index (κ3) is 2.98. The Labute approximate surface area is 126 Å². The van der Waals surface area contributed by atoms with E-state index >= 15 is 0 Å². The molecule has 0 spiro atoms. The van der Waals surface area contributed by atoms with Gasteiger partial charge in [-0.25, -0.2) is 13.4 Å². The molecule has 2 heterocycles. The van der Waals surface area contributed by atoms with E-state index in [1.54, 1.807) is 54.9 Å². The van der Waals surface area contributed by atoms with Gasteiger partial charge in [0.1, 0.15) is 4.21 Å². The van der Waals surface area contributed by atoms with Gasteiger partial charge in [0.05, 0.1) is 6.20 Å². The quantitative estimate of drug-likeness (QED) is 0.798. The highest BCUT2D eigenvalue weighted by Gasteiger charge is 2.15. The standard InChI is InChI=1S/C14H12N2O3S2/c1-10-15-9-13(19-10)11-4-6-12(7-5-11)16-21(17,18)14-3-2-8-20-14/h2-9,16H,1H3. The van der Waals surface area contributed by atoms with Gasteiger partial charge in [0.25, 0.3) is 10.0 Å². The lowest BCUT2D eigenvalue weighted by molar-refractivity contribution is 0.534. The summed E-state index contributed by atoms with van der Waals surface area (Å²) in [7, 11) is -3.51. The minimum atomic E-state index is -3.51. The van der Waals surface area contributed by atoms with Crippen LogP contribution in [0.1, 0.15) is 5.89 Å². The smallest absolute Gasteiger partial charge is 0.271 e. The Kier molecular flexibility index (Phi) is 3.52. The van der Waals surface area contributed by atoms with Crippen molar-refractivity contribution in [2.24, 2.45) is 0 Å². The number of sulfonamides is 1. The molecule has 0 radical (unpaired) electrons. The number of anilines is 1. The molecule has 0 aliphatic rings. The zero-order valence-corrected chi connectivity index (χ0v) is 12.7. The number of aryl methyl sites for hydroxylation is 1. The minimum absolute atomic E-state index is 0.289. The molecule has 0 fully saturated rings. The van der Waals surface area contributed by atoms with Crippen molar-refractivity contribution in [1.82, 2.24) is 4.98 Å². The number of rotatable bonds is 4. The first-order chi connectivity index (χ1) is 10.0. The van der Waals surface area contributed by atoms with Crippen LogP contribution in [0.5, 0.6) is 0 Å². The molecule has 0 aliphatic heterocycles. The van der Waals surface area contributed by atoms with E-state index in [1.807, 2.05) is 0 Å². The van der Waals surface area contributed by atoms with Crippen LogP contribution in [0, 0.1) is 6.92 Å². The molecule has 1 aromatic carbocycles. The average molecular weight is 320 g/mol.